The number of rotatable bonds is 7. The Hall–Kier alpha value is -1.62. The van der Waals surface area contributed by atoms with Gasteiger partial charge in [0.05, 0.1) is 6.61 Å². The van der Waals surface area contributed by atoms with Gasteiger partial charge in [-0.3, -0.25) is 0 Å². The first-order valence-electron chi connectivity index (χ1n) is 5.08. The Morgan fingerprint density at radius 2 is 2.31 bits per heavy atom. The Labute approximate surface area is 95.5 Å². The molecule has 1 aromatic rings. The first-order valence-corrected chi connectivity index (χ1v) is 5.08. The van der Waals surface area contributed by atoms with E-state index in [2.05, 4.69) is 21.9 Å². The van der Waals surface area contributed by atoms with Crippen LogP contribution in [0.15, 0.2) is 18.7 Å². The summed E-state index contributed by atoms with van der Waals surface area (Å²) in [7, 11) is 3.40. The second kappa shape index (κ2) is 6.79. The van der Waals surface area contributed by atoms with Gasteiger partial charge in [-0.15, -0.1) is 6.58 Å². The van der Waals surface area contributed by atoms with Crippen LogP contribution in [0.3, 0.4) is 0 Å². The SMILES string of the molecule is C=CCCOc1cc(NC)nc(COC)n1. The normalized spacial score (nSPS) is 9.88. The van der Waals surface area contributed by atoms with Crippen molar-refractivity contribution in [1.82, 2.24) is 9.97 Å². The summed E-state index contributed by atoms with van der Waals surface area (Å²) in [6.45, 7) is 4.56. The molecule has 1 aromatic heterocycles. The Balaban J connectivity index is 2.73. The van der Waals surface area contributed by atoms with E-state index in [9.17, 15) is 0 Å². The molecule has 0 saturated carbocycles. The van der Waals surface area contributed by atoms with Crippen LogP contribution < -0.4 is 10.1 Å². The molecule has 0 bridgehead atoms. The van der Waals surface area contributed by atoms with Crippen LogP contribution >= 0.6 is 0 Å². The fourth-order valence-electron chi connectivity index (χ4n) is 1.12. The molecular formula is C11H17N3O2. The van der Waals surface area contributed by atoms with Crippen molar-refractivity contribution in [3.63, 3.8) is 0 Å². The Kier molecular flexibility index (Phi) is 5.28. The highest BCUT2D eigenvalue weighted by Crippen LogP contribution is 2.13. The lowest BCUT2D eigenvalue weighted by atomic mass is 10.4. The molecule has 1 rings (SSSR count). The van der Waals surface area contributed by atoms with E-state index >= 15 is 0 Å². The molecule has 0 atom stereocenters. The summed E-state index contributed by atoms with van der Waals surface area (Å²) in [6, 6.07) is 1.75. The molecule has 1 heterocycles. The number of hydrogen-bond acceptors (Lipinski definition) is 5. The van der Waals surface area contributed by atoms with E-state index in [0.717, 1.165) is 12.2 Å². The van der Waals surface area contributed by atoms with Crippen LogP contribution in [-0.4, -0.2) is 30.7 Å². The molecular weight excluding hydrogens is 206 g/mol. The summed E-state index contributed by atoms with van der Waals surface area (Å²) in [6.07, 6.45) is 2.59. The molecule has 0 fully saturated rings. The largest absolute Gasteiger partial charge is 0.477 e. The molecule has 5 nitrogen and oxygen atoms in total. The summed E-state index contributed by atoms with van der Waals surface area (Å²) in [4.78, 5) is 8.43. The number of anilines is 1. The summed E-state index contributed by atoms with van der Waals surface area (Å²) in [5, 5.41) is 2.95. The minimum atomic E-state index is 0.368. The van der Waals surface area contributed by atoms with Gasteiger partial charge in [-0.1, -0.05) is 6.08 Å². The van der Waals surface area contributed by atoms with Gasteiger partial charge in [0.1, 0.15) is 12.4 Å². The molecule has 0 aliphatic rings. The molecule has 0 amide bonds. The lowest BCUT2D eigenvalue weighted by molar-refractivity contribution is 0.176. The molecule has 0 aromatic carbocycles. The van der Waals surface area contributed by atoms with Crippen LogP contribution in [0.1, 0.15) is 12.2 Å². The maximum Gasteiger partial charge on any atom is 0.218 e. The van der Waals surface area contributed by atoms with E-state index in [0.29, 0.717) is 24.9 Å². The predicted molar refractivity (Wildman–Crippen MR) is 62.6 cm³/mol. The average Bonchev–Trinajstić information content (AvgIpc) is 2.29. The highest BCUT2D eigenvalue weighted by Gasteiger charge is 2.04. The minimum Gasteiger partial charge on any atom is -0.477 e. The first kappa shape index (κ1) is 12.4. The van der Waals surface area contributed by atoms with E-state index in [1.54, 1.807) is 26.3 Å². The Bertz CT molecular complexity index is 342. The van der Waals surface area contributed by atoms with E-state index in [1.807, 2.05) is 0 Å². The number of nitrogens with one attached hydrogen (secondary N) is 1. The van der Waals surface area contributed by atoms with Gasteiger partial charge in [-0.05, 0) is 6.42 Å². The van der Waals surface area contributed by atoms with Gasteiger partial charge in [0.15, 0.2) is 5.82 Å². The van der Waals surface area contributed by atoms with E-state index in [1.165, 1.54) is 0 Å². The molecule has 0 unspecified atom stereocenters. The quantitative estimate of drug-likeness (QED) is 0.562. The molecule has 1 N–H and O–H groups in total. The zero-order valence-electron chi connectivity index (χ0n) is 9.69. The van der Waals surface area contributed by atoms with Crippen molar-refractivity contribution >= 4 is 5.82 Å². The van der Waals surface area contributed by atoms with Gasteiger partial charge < -0.3 is 14.8 Å². The summed E-state index contributed by atoms with van der Waals surface area (Å²) in [5.74, 6) is 1.87. The second-order valence-electron chi connectivity index (χ2n) is 3.12. The predicted octanol–water partition coefficient (Wildman–Crippen LogP) is 1.62. The standard InChI is InChI=1S/C11H17N3O2/c1-4-5-6-16-11-7-9(12-2)13-10(14-11)8-15-3/h4,7H,1,5-6,8H2,2-3H3,(H,12,13,14). The Morgan fingerprint density at radius 1 is 1.50 bits per heavy atom. The first-order chi connectivity index (χ1) is 7.80. The van der Waals surface area contributed by atoms with Crippen molar-refractivity contribution in [3.8, 4) is 5.88 Å². The minimum absolute atomic E-state index is 0.368. The molecule has 0 saturated heterocycles. The van der Waals surface area contributed by atoms with Crippen LogP contribution in [0, 0.1) is 0 Å². The van der Waals surface area contributed by atoms with Crippen molar-refractivity contribution in [3.05, 3.63) is 24.5 Å². The second-order valence-corrected chi connectivity index (χ2v) is 3.12. The molecule has 0 aliphatic carbocycles. The molecule has 0 aliphatic heterocycles. The topological polar surface area (TPSA) is 56.3 Å². The third kappa shape index (κ3) is 3.86. The van der Waals surface area contributed by atoms with Gasteiger partial charge in [0, 0.05) is 20.2 Å². The van der Waals surface area contributed by atoms with Crippen LogP contribution in [0.4, 0.5) is 5.82 Å². The summed E-state index contributed by atoms with van der Waals surface area (Å²) in [5.41, 5.74) is 0. The van der Waals surface area contributed by atoms with E-state index < -0.39 is 0 Å². The number of methoxy groups -OCH3 is 1. The van der Waals surface area contributed by atoms with Crippen LogP contribution in [0.5, 0.6) is 5.88 Å². The van der Waals surface area contributed by atoms with Gasteiger partial charge in [0.2, 0.25) is 5.88 Å². The monoisotopic (exact) mass is 223 g/mol. The van der Waals surface area contributed by atoms with Crippen molar-refractivity contribution in [2.75, 3.05) is 26.1 Å². The fourth-order valence-corrected chi connectivity index (χ4v) is 1.12. The molecule has 16 heavy (non-hydrogen) atoms. The van der Waals surface area contributed by atoms with Crippen molar-refractivity contribution in [2.24, 2.45) is 0 Å². The zero-order chi connectivity index (χ0) is 11.8. The highest BCUT2D eigenvalue weighted by atomic mass is 16.5. The van der Waals surface area contributed by atoms with Gasteiger partial charge in [-0.2, -0.15) is 4.98 Å². The Morgan fingerprint density at radius 3 is 2.94 bits per heavy atom. The van der Waals surface area contributed by atoms with E-state index in [-0.39, 0.29) is 0 Å². The van der Waals surface area contributed by atoms with Crippen LogP contribution in [0.25, 0.3) is 0 Å². The summed E-state index contributed by atoms with van der Waals surface area (Å²) < 4.78 is 10.4. The third-order valence-corrected chi connectivity index (χ3v) is 1.85. The smallest absolute Gasteiger partial charge is 0.218 e. The average molecular weight is 223 g/mol. The number of aromatic nitrogens is 2. The van der Waals surface area contributed by atoms with Gasteiger partial charge in [0.25, 0.3) is 0 Å². The number of ether oxygens (including phenoxy) is 2. The van der Waals surface area contributed by atoms with Crippen molar-refractivity contribution in [1.29, 1.82) is 0 Å². The third-order valence-electron chi connectivity index (χ3n) is 1.85. The molecule has 0 radical (unpaired) electrons. The van der Waals surface area contributed by atoms with Gasteiger partial charge in [-0.25, -0.2) is 4.98 Å². The van der Waals surface area contributed by atoms with Crippen molar-refractivity contribution in [2.45, 2.75) is 13.0 Å². The van der Waals surface area contributed by atoms with Crippen LogP contribution in [0.2, 0.25) is 0 Å². The lowest BCUT2D eigenvalue weighted by Crippen LogP contribution is -2.05. The number of nitrogens with zero attached hydrogens (tertiary/aromatic N) is 2. The zero-order valence-corrected chi connectivity index (χ0v) is 9.69. The molecule has 0 spiro atoms. The fraction of sp³-hybridized carbons (Fsp3) is 0.455. The maximum absolute atomic E-state index is 5.46. The number of hydrogen-bond donors (Lipinski definition) is 1. The van der Waals surface area contributed by atoms with Crippen molar-refractivity contribution < 1.29 is 9.47 Å². The lowest BCUT2D eigenvalue weighted by Gasteiger charge is -2.08. The highest BCUT2D eigenvalue weighted by molar-refractivity contribution is 5.37. The van der Waals surface area contributed by atoms with Gasteiger partial charge >= 0.3 is 0 Å². The molecule has 5 heteroatoms. The summed E-state index contributed by atoms with van der Waals surface area (Å²) >= 11 is 0. The van der Waals surface area contributed by atoms with Crippen LogP contribution in [-0.2, 0) is 11.3 Å². The maximum atomic E-state index is 5.46. The molecule has 88 valence electrons. The van der Waals surface area contributed by atoms with E-state index in [4.69, 9.17) is 9.47 Å².